The molecule has 1 heterocycles. The molecule has 0 aliphatic heterocycles. The van der Waals surface area contributed by atoms with E-state index in [1.807, 2.05) is 13.8 Å². The minimum Gasteiger partial charge on any atom is -0.481 e. The van der Waals surface area contributed by atoms with Crippen molar-refractivity contribution in [2.24, 2.45) is 0 Å². The highest BCUT2D eigenvalue weighted by molar-refractivity contribution is 5.09. The maximum atomic E-state index is 5.22. The van der Waals surface area contributed by atoms with Crippen molar-refractivity contribution in [3.05, 3.63) is 12.3 Å². The fourth-order valence-electron chi connectivity index (χ4n) is 0.662. The molecule has 1 aromatic rings. The second-order valence-electron chi connectivity index (χ2n) is 2.49. The zero-order valence-electron chi connectivity index (χ0n) is 7.37. The Balaban J connectivity index is 2.72. The van der Waals surface area contributed by atoms with Gasteiger partial charge in [-0.25, -0.2) is 0 Å². The van der Waals surface area contributed by atoms with E-state index >= 15 is 0 Å². The molecule has 0 unspecified atom stereocenters. The molecule has 0 fully saturated rings. The molecule has 4 heteroatoms. The van der Waals surface area contributed by atoms with Gasteiger partial charge in [0.25, 0.3) is 0 Å². The molecular formula is C8H11N2O2. The number of hydrogen-bond acceptors (Lipinski definition) is 4. The molecule has 0 spiro atoms. The SMILES string of the molecule is COc1c[c]nc(OC(C)C)n1. The number of ether oxygens (including phenoxy) is 2. The summed E-state index contributed by atoms with van der Waals surface area (Å²) in [6.07, 6.45) is 2.68. The van der Waals surface area contributed by atoms with Gasteiger partial charge in [0.05, 0.1) is 13.2 Å². The van der Waals surface area contributed by atoms with Crippen LogP contribution in [0.5, 0.6) is 11.9 Å². The molecule has 4 nitrogen and oxygen atoms in total. The van der Waals surface area contributed by atoms with Crippen molar-refractivity contribution in [3.8, 4) is 11.9 Å². The lowest BCUT2D eigenvalue weighted by Gasteiger charge is -2.06. The minimum absolute atomic E-state index is 0.0607. The van der Waals surface area contributed by atoms with Crippen LogP contribution < -0.4 is 9.47 Å². The maximum Gasteiger partial charge on any atom is 0.320 e. The van der Waals surface area contributed by atoms with E-state index in [1.165, 1.54) is 7.11 Å². The van der Waals surface area contributed by atoms with Gasteiger partial charge in [-0.3, -0.25) is 0 Å². The minimum atomic E-state index is 0.0607. The van der Waals surface area contributed by atoms with E-state index in [9.17, 15) is 0 Å². The number of hydrogen-bond donors (Lipinski definition) is 0. The first-order valence-corrected chi connectivity index (χ1v) is 3.68. The first kappa shape index (κ1) is 8.77. The zero-order chi connectivity index (χ0) is 8.97. The van der Waals surface area contributed by atoms with Crippen LogP contribution in [0.15, 0.2) is 6.07 Å². The molecule has 1 aromatic heterocycles. The summed E-state index contributed by atoms with van der Waals surface area (Å²) in [4.78, 5) is 7.73. The van der Waals surface area contributed by atoms with Crippen molar-refractivity contribution < 1.29 is 9.47 Å². The van der Waals surface area contributed by atoms with Crippen LogP contribution in [0.4, 0.5) is 0 Å². The lowest BCUT2D eigenvalue weighted by atomic mass is 10.5. The Morgan fingerprint density at radius 3 is 2.83 bits per heavy atom. The van der Waals surface area contributed by atoms with Gasteiger partial charge in [0.1, 0.15) is 6.20 Å². The Morgan fingerprint density at radius 1 is 1.50 bits per heavy atom. The lowest BCUT2D eigenvalue weighted by Crippen LogP contribution is -2.08. The summed E-state index contributed by atoms with van der Waals surface area (Å²) in [6.45, 7) is 3.81. The molecule has 0 atom stereocenters. The molecular weight excluding hydrogens is 156 g/mol. The average molecular weight is 167 g/mol. The Morgan fingerprint density at radius 2 is 2.25 bits per heavy atom. The summed E-state index contributed by atoms with van der Waals surface area (Å²) < 4.78 is 10.1. The number of nitrogens with zero attached hydrogens (tertiary/aromatic N) is 2. The smallest absolute Gasteiger partial charge is 0.320 e. The van der Waals surface area contributed by atoms with E-state index in [-0.39, 0.29) is 6.10 Å². The van der Waals surface area contributed by atoms with Crippen LogP contribution in [0.2, 0.25) is 0 Å². The van der Waals surface area contributed by atoms with Gasteiger partial charge < -0.3 is 9.47 Å². The first-order valence-electron chi connectivity index (χ1n) is 3.68. The van der Waals surface area contributed by atoms with E-state index in [4.69, 9.17) is 9.47 Å². The standard InChI is InChI=1S/C8H11N2O2/c1-6(2)12-8-9-5-4-7(10-8)11-3/h4,6H,1-3H3. The highest BCUT2D eigenvalue weighted by Crippen LogP contribution is 2.09. The van der Waals surface area contributed by atoms with Crippen LogP contribution in [-0.2, 0) is 0 Å². The quantitative estimate of drug-likeness (QED) is 0.675. The normalized spacial score (nSPS) is 10.0. The summed E-state index contributed by atoms with van der Waals surface area (Å²) >= 11 is 0. The van der Waals surface area contributed by atoms with Crippen LogP contribution in [0.25, 0.3) is 0 Å². The van der Waals surface area contributed by atoms with Gasteiger partial charge in [-0.2, -0.15) is 9.97 Å². The Bertz CT molecular complexity index is 251. The fraction of sp³-hybridized carbons (Fsp3) is 0.500. The summed E-state index contributed by atoms with van der Waals surface area (Å²) in [5, 5.41) is 0. The van der Waals surface area contributed by atoms with Crippen molar-refractivity contribution in [2.75, 3.05) is 7.11 Å². The van der Waals surface area contributed by atoms with Gasteiger partial charge in [0.2, 0.25) is 5.88 Å². The van der Waals surface area contributed by atoms with Crippen LogP contribution in [0.1, 0.15) is 13.8 Å². The largest absolute Gasteiger partial charge is 0.481 e. The number of rotatable bonds is 3. The Hall–Kier alpha value is -1.32. The summed E-state index contributed by atoms with van der Waals surface area (Å²) in [5.41, 5.74) is 0. The van der Waals surface area contributed by atoms with Crippen LogP contribution >= 0.6 is 0 Å². The molecule has 0 aliphatic carbocycles. The topological polar surface area (TPSA) is 44.2 Å². The van der Waals surface area contributed by atoms with Crippen molar-refractivity contribution in [2.45, 2.75) is 20.0 Å². The van der Waals surface area contributed by atoms with Gasteiger partial charge in [-0.15, -0.1) is 0 Å². The predicted octanol–water partition coefficient (Wildman–Crippen LogP) is 1.07. The van der Waals surface area contributed by atoms with Crippen molar-refractivity contribution >= 4 is 0 Å². The Kier molecular flexibility index (Phi) is 2.85. The third-order valence-electron chi connectivity index (χ3n) is 1.10. The second kappa shape index (κ2) is 3.90. The molecule has 0 saturated heterocycles. The molecule has 0 saturated carbocycles. The summed E-state index contributed by atoms with van der Waals surface area (Å²) in [5.74, 6) is 0.459. The Labute approximate surface area is 71.6 Å². The van der Waals surface area contributed by atoms with E-state index < -0.39 is 0 Å². The molecule has 65 valence electrons. The monoisotopic (exact) mass is 167 g/mol. The molecule has 0 aromatic carbocycles. The van der Waals surface area contributed by atoms with Gasteiger partial charge in [0, 0.05) is 6.07 Å². The molecule has 0 aliphatic rings. The summed E-state index contributed by atoms with van der Waals surface area (Å²) in [6, 6.07) is 1.84. The van der Waals surface area contributed by atoms with E-state index in [0.717, 1.165) is 0 Å². The molecule has 0 bridgehead atoms. The molecule has 1 radical (unpaired) electrons. The molecule has 1 rings (SSSR count). The predicted molar refractivity (Wildman–Crippen MR) is 43.2 cm³/mol. The van der Waals surface area contributed by atoms with Gasteiger partial charge in [-0.1, -0.05) is 0 Å². The highest BCUT2D eigenvalue weighted by atomic mass is 16.5. The van der Waals surface area contributed by atoms with E-state index in [2.05, 4.69) is 16.2 Å². The number of aromatic nitrogens is 2. The first-order chi connectivity index (χ1) is 5.72. The van der Waals surface area contributed by atoms with Crippen molar-refractivity contribution in [1.82, 2.24) is 9.97 Å². The van der Waals surface area contributed by atoms with Gasteiger partial charge in [-0.05, 0) is 13.8 Å². The highest BCUT2D eigenvalue weighted by Gasteiger charge is 2.01. The average Bonchev–Trinajstić information content (AvgIpc) is 2.03. The van der Waals surface area contributed by atoms with Gasteiger partial charge >= 0.3 is 6.01 Å². The molecule has 0 N–H and O–H groups in total. The molecule has 0 amide bonds. The fourth-order valence-corrected chi connectivity index (χ4v) is 0.662. The maximum absolute atomic E-state index is 5.22. The van der Waals surface area contributed by atoms with Gasteiger partial charge in [0.15, 0.2) is 0 Å². The van der Waals surface area contributed by atoms with Crippen LogP contribution in [0, 0.1) is 6.20 Å². The van der Waals surface area contributed by atoms with E-state index in [0.29, 0.717) is 11.9 Å². The van der Waals surface area contributed by atoms with Crippen molar-refractivity contribution in [1.29, 1.82) is 0 Å². The lowest BCUT2D eigenvalue weighted by molar-refractivity contribution is 0.218. The van der Waals surface area contributed by atoms with Crippen LogP contribution in [-0.4, -0.2) is 23.2 Å². The summed E-state index contributed by atoms with van der Waals surface area (Å²) in [7, 11) is 1.54. The molecule has 12 heavy (non-hydrogen) atoms. The van der Waals surface area contributed by atoms with Crippen LogP contribution in [0.3, 0.4) is 0 Å². The third kappa shape index (κ3) is 2.38. The second-order valence-corrected chi connectivity index (χ2v) is 2.49. The van der Waals surface area contributed by atoms with E-state index in [1.54, 1.807) is 6.07 Å². The van der Waals surface area contributed by atoms with Crippen molar-refractivity contribution in [3.63, 3.8) is 0 Å². The zero-order valence-corrected chi connectivity index (χ0v) is 7.37. The number of methoxy groups -OCH3 is 1. The third-order valence-corrected chi connectivity index (χ3v) is 1.10.